The highest BCUT2D eigenvalue weighted by Crippen LogP contribution is 2.58. The summed E-state index contributed by atoms with van der Waals surface area (Å²) in [6.07, 6.45) is 0. The van der Waals surface area contributed by atoms with Crippen molar-refractivity contribution in [2.45, 2.75) is 27.3 Å². The molecule has 2 N–H and O–H groups in total. The Morgan fingerprint density at radius 1 is 1.39 bits per heavy atom. The van der Waals surface area contributed by atoms with Crippen LogP contribution >= 0.6 is 0 Å². The van der Waals surface area contributed by atoms with Crippen LogP contribution in [0.25, 0.3) is 0 Å². The monoisotopic (exact) mass is 251 g/mol. The lowest BCUT2D eigenvalue weighted by molar-refractivity contribution is -0.140. The number of carboxylic acid groups (broad SMARTS) is 1. The molecule has 0 aliphatic heterocycles. The van der Waals surface area contributed by atoms with E-state index < -0.39 is 23.2 Å². The molecule has 0 saturated heterocycles. The van der Waals surface area contributed by atoms with Crippen LogP contribution in [0.2, 0.25) is 0 Å². The largest absolute Gasteiger partial charge is 0.481 e. The molecule has 5 heteroatoms. The van der Waals surface area contributed by atoms with Crippen LogP contribution in [0.5, 0.6) is 0 Å². The predicted octanol–water partition coefficient (Wildman–Crippen LogP) is 1.56. The SMILES string of the molecule is Cc1ccc(CNC(=O)[C@H]2[C@@H](C(=O)O)C2(C)C)o1. The minimum absolute atomic E-state index is 0.221. The molecular weight excluding hydrogens is 234 g/mol. The minimum Gasteiger partial charge on any atom is -0.481 e. The lowest BCUT2D eigenvalue weighted by Gasteiger charge is -2.04. The van der Waals surface area contributed by atoms with Crippen LogP contribution in [0.3, 0.4) is 0 Å². The Labute approximate surface area is 105 Å². The summed E-state index contributed by atoms with van der Waals surface area (Å²) in [5.41, 5.74) is -0.463. The van der Waals surface area contributed by atoms with E-state index in [1.807, 2.05) is 13.0 Å². The third-order valence-electron chi connectivity index (χ3n) is 3.61. The highest BCUT2D eigenvalue weighted by Gasteiger charge is 2.65. The van der Waals surface area contributed by atoms with Crippen molar-refractivity contribution in [3.63, 3.8) is 0 Å². The van der Waals surface area contributed by atoms with Gasteiger partial charge in [-0.1, -0.05) is 13.8 Å². The average molecular weight is 251 g/mol. The van der Waals surface area contributed by atoms with Crippen LogP contribution in [0.4, 0.5) is 0 Å². The van der Waals surface area contributed by atoms with Gasteiger partial charge in [-0.05, 0) is 24.5 Å². The van der Waals surface area contributed by atoms with Crippen LogP contribution in [-0.2, 0) is 16.1 Å². The van der Waals surface area contributed by atoms with Crippen molar-refractivity contribution in [3.8, 4) is 0 Å². The second-order valence-electron chi connectivity index (χ2n) is 5.35. The number of amides is 1. The first kappa shape index (κ1) is 12.7. The smallest absolute Gasteiger partial charge is 0.307 e. The van der Waals surface area contributed by atoms with E-state index in [4.69, 9.17) is 9.52 Å². The molecule has 1 heterocycles. The number of aliphatic carboxylic acids is 1. The Morgan fingerprint density at radius 3 is 2.50 bits per heavy atom. The molecule has 0 aromatic carbocycles. The number of hydrogen-bond acceptors (Lipinski definition) is 3. The van der Waals surface area contributed by atoms with E-state index in [-0.39, 0.29) is 5.91 Å². The molecule has 98 valence electrons. The van der Waals surface area contributed by atoms with Gasteiger partial charge in [0.05, 0.1) is 18.4 Å². The molecule has 18 heavy (non-hydrogen) atoms. The lowest BCUT2D eigenvalue weighted by atomic mass is 10.1. The molecule has 0 unspecified atom stereocenters. The summed E-state index contributed by atoms with van der Waals surface area (Å²) in [5, 5.41) is 11.7. The molecule has 1 aliphatic rings. The highest BCUT2D eigenvalue weighted by molar-refractivity contribution is 5.91. The molecule has 0 radical (unpaired) electrons. The molecule has 5 nitrogen and oxygen atoms in total. The van der Waals surface area contributed by atoms with Crippen molar-refractivity contribution < 1.29 is 19.1 Å². The van der Waals surface area contributed by atoms with Crippen molar-refractivity contribution in [2.24, 2.45) is 17.3 Å². The molecule has 0 bridgehead atoms. The first-order chi connectivity index (χ1) is 8.34. The fourth-order valence-corrected chi connectivity index (χ4v) is 2.45. The summed E-state index contributed by atoms with van der Waals surface area (Å²) in [6.45, 7) is 5.72. The van der Waals surface area contributed by atoms with E-state index in [0.717, 1.165) is 5.76 Å². The molecule has 1 saturated carbocycles. The van der Waals surface area contributed by atoms with Crippen molar-refractivity contribution in [2.75, 3.05) is 0 Å². The van der Waals surface area contributed by atoms with Gasteiger partial charge < -0.3 is 14.8 Å². The average Bonchev–Trinajstić information content (AvgIpc) is 2.63. The van der Waals surface area contributed by atoms with Crippen molar-refractivity contribution in [1.82, 2.24) is 5.32 Å². The van der Waals surface area contributed by atoms with Gasteiger partial charge in [0.25, 0.3) is 0 Å². The zero-order chi connectivity index (χ0) is 13.5. The minimum atomic E-state index is -0.908. The zero-order valence-corrected chi connectivity index (χ0v) is 10.7. The quantitative estimate of drug-likeness (QED) is 0.851. The Kier molecular flexibility index (Phi) is 2.92. The Bertz CT molecular complexity index is 489. The first-order valence-electron chi connectivity index (χ1n) is 5.90. The third kappa shape index (κ3) is 2.12. The van der Waals surface area contributed by atoms with Gasteiger partial charge in [-0.15, -0.1) is 0 Å². The number of furan rings is 1. The van der Waals surface area contributed by atoms with Crippen LogP contribution < -0.4 is 5.32 Å². The highest BCUT2D eigenvalue weighted by atomic mass is 16.4. The molecular formula is C13H17NO4. The van der Waals surface area contributed by atoms with Crippen LogP contribution in [-0.4, -0.2) is 17.0 Å². The van der Waals surface area contributed by atoms with E-state index in [9.17, 15) is 9.59 Å². The number of hydrogen-bond donors (Lipinski definition) is 2. The van der Waals surface area contributed by atoms with Gasteiger partial charge >= 0.3 is 5.97 Å². The van der Waals surface area contributed by atoms with Gasteiger partial charge in [0.1, 0.15) is 11.5 Å². The number of rotatable bonds is 4. The van der Waals surface area contributed by atoms with Gasteiger partial charge in [0.2, 0.25) is 5.91 Å². The summed E-state index contributed by atoms with van der Waals surface area (Å²) in [4.78, 5) is 22.9. The molecule has 1 fully saturated rings. The standard InChI is InChI=1S/C13H17NO4/c1-7-4-5-8(18-7)6-14-11(15)9-10(12(16)17)13(9,2)3/h4-5,9-10H,6H2,1-3H3,(H,14,15)(H,16,17)/t9-,10+/m1/s1. The van der Waals surface area contributed by atoms with Crippen molar-refractivity contribution in [3.05, 3.63) is 23.7 Å². The summed E-state index contributed by atoms with van der Waals surface area (Å²) >= 11 is 0. The maximum atomic E-state index is 11.9. The van der Waals surface area contributed by atoms with E-state index in [1.54, 1.807) is 19.9 Å². The zero-order valence-electron chi connectivity index (χ0n) is 10.7. The number of carbonyl (C=O) groups is 2. The van der Waals surface area contributed by atoms with Gasteiger partial charge in [0, 0.05) is 0 Å². The lowest BCUT2D eigenvalue weighted by Crippen LogP contribution is -2.26. The Morgan fingerprint density at radius 2 is 2.06 bits per heavy atom. The number of carboxylic acids is 1. The second-order valence-corrected chi connectivity index (χ2v) is 5.35. The predicted molar refractivity (Wildman–Crippen MR) is 63.7 cm³/mol. The van der Waals surface area contributed by atoms with Gasteiger partial charge in [0.15, 0.2) is 0 Å². The fourth-order valence-electron chi connectivity index (χ4n) is 2.45. The van der Waals surface area contributed by atoms with Gasteiger partial charge in [-0.3, -0.25) is 9.59 Å². The molecule has 0 spiro atoms. The number of aryl methyl sites for hydroxylation is 1. The van der Waals surface area contributed by atoms with Gasteiger partial charge in [-0.25, -0.2) is 0 Å². The summed E-state index contributed by atoms with van der Waals surface area (Å²) in [7, 11) is 0. The van der Waals surface area contributed by atoms with Crippen LogP contribution in [0.1, 0.15) is 25.4 Å². The fraction of sp³-hybridized carbons (Fsp3) is 0.538. The van der Waals surface area contributed by atoms with E-state index in [1.165, 1.54) is 0 Å². The number of carbonyl (C=O) groups excluding carboxylic acids is 1. The summed E-state index contributed by atoms with van der Waals surface area (Å²) in [6, 6.07) is 3.62. The maximum absolute atomic E-state index is 11.9. The molecule has 2 atom stereocenters. The van der Waals surface area contributed by atoms with E-state index >= 15 is 0 Å². The topological polar surface area (TPSA) is 79.5 Å². The maximum Gasteiger partial charge on any atom is 0.307 e. The molecule has 1 aliphatic carbocycles. The summed E-state index contributed by atoms with van der Waals surface area (Å²) < 4.78 is 5.33. The molecule has 1 aromatic rings. The van der Waals surface area contributed by atoms with Crippen LogP contribution in [0, 0.1) is 24.2 Å². The first-order valence-corrected chi connectivity index (χ1v) is 5.90. The third-order valence-corrected chi connectivity index (χ3v) is 3.61. The van der Waals surface area contributed by atoms with Gasteiger partial charge in [-0.2, -0.15) is 0 Å². The van der Waals surface area contributed by atoms with E-state index in [0.29, 0.717) is 12.3 Å². The van der Waals surface area contributed by atoms with Crippen molar-refractivity contribution >= 4 is 11.9 Å². The normalized spacial score (nSPS) is 24.6. The van der Waals surface area contributed by atoms with Crippen LogP contribution in [0.15, 0.2) is 16.5 Å². The molecule has 2 rings (SSSR count). The van der Waals surface area contributed by atoms with Crippen molar-refractivity contribution in [1.29, 1.82) is 0 Å². The Hall–Kier alpha value is -1.78. The molecule has 1 aromatic heterocycles. The summed E-state index contributed by atoms with van der Waals surface area (Å²) in [5.74, 6) is -0.710. The van der Waals surface area contributed by atoms with E-state index in [2.05, 4.69) is 5.32 Å². The molecule has 1 amide bonds. The number of nitrogens with one attached hydrogen (secondary N) is 1. The Balaban J connectivity index is 1.92. The second kappa shape index (κ2) is 4.15.